The lowest BCUT2D eigenvalue weighted by atomic mass is 10.1. The van der Waals surface area contributed by atoms with Gasteiger partial charge in [-0.15, -0.1) is 0 Å². The minimum absolute atomic E-state index is 0.0418. The number of benzene rings is 2. The van der Waals surface area contributed by atoms with Gasteiger partial charge in [0.1, 0.15) is 12.4 Å². The summed E-state index contributed by atoms with van der Waals surface area (Å²) < 4.78 is 10.2. The Bertz CT molecular complexity index is 948. The quantitative estimate of drug-likeness (QED) is 0.584. The molecule has 0 N–H and O–H groups in total. The van der Waals surface area contributed by atoms with Crippen LogP contribution in [0, 0.1) is 0 Å². The number of nitrogens with zero attached hydrogens (tertiary/aromatic N) is 4. The van der Waals surface area contributed by atoms with Crippen LogP contribution in [-0.2, 0) is 22.6 Å². The Hall–Kier alpha value is -2.77. The second-order valence-electron chi connectivity index (χ2n) is 7.52. The smallest absolute Gasteiger partial charge is 0.248 e. The molecule has 156 valence electrons. The molecule has 1 aliphatic heterocycles. The van der Waals surface area contributed by atoms with Crippen molar-refractivity contribution in [3.8, 4) is 0 Å². The molecule has 1 aromatic heterocycles. The summed E-state index contributed by atoms with van der Waals surface area (Å²) in [4.78, 5) is 21.5. The molecule has 0 aliphatic carbocycles. The number of rotatable bonds is 7. The van der Waals surface area contributed by atoms with Gasteiger partial charge >= 0.3 is 0 Å². The molecule has 1 aliphatic rings. The van der Waals surface area contributed by atoms with Crippen molar-refractivity contribution < 1.29 is 9.53 Å². The summed E-state index contributed by atoms with van der Waals surface area (Å²) in [7, 11) is 0. The molecule has 7 heteroatoms. The number of piperazine rings is 1. The normalized spacial score (nSPS) is 16.6. The average Bonchev–Trinajstić information content (AvgIpc) is 3.23. The second-order valence-corrected chi connectivity index (χ2v) is 8.25. The minimum atomic E-state index is 0.0418. The first-order chi connectivity index (χ1) is 14.7. The van der Waals surface area contributed by atoms with E-state index in [1.54, 1.807) is 0 Å². The summed E-state index contributed by atoms with van der Waals surface area (Å²) in [5.41, 5.74) is 2.28. The number of aromatic nitrogens is 2. The summed E-state index contributed by atoms with van der Waals surface area (Å²) in [5, 5.41) is 0.931. The molecule has 1 atom stereocenters. The highest BCUT2D eigenvalue weighted by Gasteiger charge is 2.29. The first-order valence-corrected chi connectivity index (χ1v) is 11.0. The van der Waals surface area contributed by atoms with Gasteiger partial charge in [0, 0.05) is 43.6 Å². The van der Waals surface area contributed by atoms with Gasteiger partial charge in [0.15, 0.2) is 0 Å². The third-order valence-electron chi connectivity index (χ3n) is 5.22. The van der Waals surface area contributed by atoms with Gasteiger partial charge in [-0.25, -0.2) is 4.98 Å². The van der Waals surface area contributed by atoms with Crippen molar-refractivity contribution in [2.24, 2.45) is 0 Å². The van der Waals surface area contributed by atoms with Crippen LogP contribution in [0.4, 0.5) is 5.13 Å². The number of ether oxygens (including phenoxy) is 1. The fourth-order valence-electron chi connectivity index (χ4n) is 3.64. The third kappa shape index (κ3) is 5.23. The first kappa shape index (κ1) is 20.5. The highest BCUT2D eigenvalue weighted by atomic mass is 32.1. The molecular weight excluding hydrogens is 396 g/mol. The van der Waals surface area contributed by atoms with Crippen LogP contribution in [0.25, 0.3) is 0 Å². The van der Waals surface area contributed by atoms with Gasteiger partial charge in [0.05, 0.1) is 6.61 Å². The summed E-state index contributed by atoms with van der Waals surface area (Å²) in [6.07, 6.45) is 0.740. The van der Waals surface area contributed by atoms with Crippen LogP contribution in [0.3, 0.4) is 0 Å². The summed E-state index contributed by atoms with van der Waals surface area (Å²) in [5.74, 6) is 0.891. The lowest BCUT2D eigenvalue weighted by molar-refractivity contribution is -0.139. The van der Waals surface area contributed by atoms with E-state index in [2.05, 4.69) is 28.3 Å². The standard InChI is InChI=1S/C23H26N4O2S/c1-18-15-26(23-24-21(25-30-23)14-19-8-4-2-5-9-19)12-13-27(18)22(28)17-29-16-20-10-6-3-7-11-20/h2-11,18H,12-17H2,1H3. The molecule has 1 saturated heterocycles. The molecule has 1 amide bonds. The number of amides is 1. The predicted octanol–water partition coefficient (Wildman–Crippen LogP) is 3.38. The van der Waals surface area contributed by atoms with Gasteiger partial charge in [-0.3, -0.25) is 4.79 Å². The van der Waals surface area contributed by atoms with E-state index in [4.69, 9.17) is 9.72 Å². The Morgan fingerprint density at radius 1 is 1.07 bits per heavy atom. The predicted molar refractivity (Wildman–Crippen MR) is 119 cm³/mol. The van der Waals surface area contributed by atoms with Gasteiger partial charge in [0.25, 0.3) is 0 Å². The molecule has 0 saturated carbocycles. The summed E-state index contributed by atoms with van der Waals surface area (Å²) in [6.45, 7) is 4.82. The van der Waals surface area contributed by atoms with Crippen molar-refractivity contribution in [3.05, 3.63) is 77.6 Å². The highest BCUT2D eigenvalue weighted by Crippen LogP contribution is 2.22. The lowest BCUT2D eigenvalue weighted by Gasteiger charge is -2.39. The number of carbonyl (C=O) groups is 1. The molecule has 6 nitrogen and oxygen atoms in total. The fourth-order valence-corrected chi connectivity index (χ4v) is 4.36. The maximum atomic E-state index is 12.6. The Balaban J connectivity index is 1.27. The average molecular weight is 423 g/mol. The van der Waals surface area contributed by atoms with Crippen LogP contribution in [-0.4, -0.2) is 52.4 Å². The molecule has 30 heavy (non-hydrogen) atoms. The van der Waals surface area contributed by atoms with Crippen molar-refractivity contribution in [3.63, 3.8) is 0 Å². The van der Waals surface area contributed by atoms with E-state index >= 15 is 0 Å². The zero-order valence-corrected chi connectivity index (χ0v) is 17.9. The molecule has 0 spiro atoms. The molecule has 0 radical (unpaired) electrons. The number of hydrogen-bond acceptors (Lipinski definition) is 6. The van der Waals surface area contributed by atoms with E-state index in [1.807, 2.05) is 53.4 Å². The van der Waals surface area contributed by atoms with Crippen molar-refractivity contribution in [1.29, 1.82) is 0 Å². The molecular formula is C23H26N4O2S. The largest absolute Gasteiger partial charge is 0.367 e. The number of anilines is 1. The van der Waals surface area contributed by atoms with Gasteiger partial charge in [-0.05, 0) is 18.1 Å². The Morgan fingerprint density at radius 2 is 1.77 bits per heavy atom. The highest BCUT2D eigenvalue weighted by molar-refractivity contribution is 7.09. The number of carbonyl (C=O) groups excluding carboxylic acids is 1. The molecule has 0 bridgehead atoms. The van der Waals surface area contributed by atoms with Crippen molar-refractivity contribution in [2.45, 2.75) is 26.0 Å². The van der Waals surface area contributed by atoms with Crippen LogP contribution < -0.4 is 4.90 Å². The molecule has 1 fully saturated rings. The van der Waals surface area contributed by atoms with Crippen molar-refractivity contribution in [2.75, 3.05) is 31.1 Å². The van der Waals surface area contributed by atoms with Crippen molar-refractivity contribution in [1.82, 2.24) is 14.3 Å². The molecule has 1 unspecified atom stereocenters. The topological polar surface area (TPSA) is 58.6 Å². The van der Waals surface area contributed by atoms with Crippen LogP contribution >= 0.6 is 11.5 Å². The lowest BCUT2D eigenvalue weighted by Crippen LogP contribution is -2.55. The Labute approximate surface area is 181 Å². The summed E-state index contributed by atoms with van der Waals surface area (Å²) >= 11 is 1.44. The van der Waals surface area contributed by atoms with Crippen LogP contribution in [0.1, 0.15) is 23.9 Å². The Kier molecular flexibility index (Phi) is 6.71. The van der Waals surface area contributed by atoms with E-state index in [1.165, 1.54) is 17.1 Å². The second kappa shape index (κ2) is 9.82. The van der Waals surface area contributed by atoms with Crippen LogP contribution in [0.15, 0.2) is 60.7 Å². The first-order valence-electron chi connectivity index (χ1n) is 10.2. The molecule has 4 rings (SSSR count). The molecule has 2 aromatic carbocycles. The maximum absolute atomic E-state index is 12.6. The van der Waals surface area contributed by atoms with E-state index < -0.39 is 0 Å². The van der Waals surface area contributed by atoms with Gasteiger partial charge in [-0.2, -0.15) is 4.37 Å². The molecule has 2 heterocycles. The monoisotopic (exact) mass is 422 g/mol. The fraction of sp³-hybridized carbons (Fsp3) is 0.348. The van der Waals surface area contributed by atoms with Gasteiger partial charge < -0.3 is 14.5 Å². The van der Waals surface area contributed by atoms with Crippen LogP contribution in [0.5, 0.6) is 0 Å². The zero-order chi connectivity index (χ0) is 20.8. The molecule has 3 aromatic rings. The Morgan fingerprint density at radius 3 is 2.47 bits per heavy atom. The SMILES string of the molecule is CC1CN(c2nc(Cc3ccccc3)ns2)CCN1C(=O)COCc1ccccc1. The van der Waals surface area contributed by atoms with Crippen molar-refractivity contribution >= 4 is 22.6 Å². The van der Waals surface area contributed by atoms with E-state index in [0.717, 1.165) is 36.0 Å². The van der Waals surface area contributed by atoms with E-state index in [9.17, 15) is 4.79 Å². The van der Waals surface area contributed by atoms with Gasteiger partial charge in [-0.1, -0.05) is 60.7 Å². The maximum Gasteiger partial charge on any atom is 0.248 e. The minimum Gasteiger partial charge on any atom is -0.367 e. The zero-order valence-electron chi connectivity index (χ0n) is 17.1. The van der Waals surface area contributed by atoms with E-state index in [-0.39, 0.29) is 18.6 Å². The van der Waals surface area contributed by atoms with E-state index in [0.29, 0.717) is 13.2 Å². The number of hydrogen-bond donors (Lipinski definition) is 0. The third-order valence-corrected chi connectivity index (χ3v) is 6.03. The van der Waals surface area contributed by atoms with Crippen LogP contribution in [0.2, 0.25) is 0 Å². The van der Waals surface area contributed by atoms with Gasteiger partial charge in [0.2, 0.25) is 11.0 Å². The summed E-state index contributed by atoms with van der Waals surface area (Å²) in [6, 6.07) is 20.3.